The smallest absolute Gasteiger partial charge is 0.225 e. The molecule has 1 aromatic heterocycles. The number of fused-ring (bicyclic) bond motifs is 1. The Balaban J connectivity index is 1.66. The van der Waals surface area contributed by atoms with Gasteiger partial charge in [-0.15, -0.1) is 0 Å². The molecule has 5 heteroatoms. The van der Waals surface area contributed by atoms with Gasteiger partial charge < -0.3 is 10.2 Å². The van der Waals surface area contributed by atoms with Crippen LogP contribution in [0.2, 0.25) is 0 Å². The number of nitrogens with one attached hydrogen (secondary N) is 2. The van der Waals surface area contributed by atoms with Gasteiger partial charge in [0.25, 0.3) is 0 Å². The largest absolute Gasteiger partial charge is 0.338 e. The van der Waals surface area contributed by atoms with Crippen molar-refractivity contribution in [1.29, 1.82) is 0 Å². The number of anilines is 1. The zero-order valence-electron chi connectivity index (χ0n) is 12.5. The molecule has 21 heavy (non-hydrogen) atoms. The molecule has 5 nitrogen and oxygen atoms in total. The van der Waals surface area contributed by atoms with Gasteiger partial charge in [0, 0.05) is 25.5 Å². The normalized spacial score (nSPS) is 30.3. The van der Waals surface area contributed by atoms with E-state index in [-0.39, 0.29) is 0 Å². The number of ether oxygens (including phenoxy) is 1. The lowest BCUT2D eigenvalue weighted by Gasteiger charge is -2.41. The van der Waals surface area contributed by atoms with Crippen molar-refractivity contribution in [3.63, 3.8) is 0 Å². The molecule has 3 heterocycles. The van der Waals surface area contributed by atoms with E-state index in [4.69, 9.17) is 4.74 Å². The molecule has 114 valence electrons. The molecule has 1 unspecified atom stereocenters. The van der Waals surface area contributed by atoms with Crippen molar-refractivity contribution in [3.8, 4) is 0 Å². The summed E-state index contributed by atoms with van der Waals surface area (Å²) >= 11 is 0. The average molecular weight is 288 g/mol. The van der Waals surface area contributed by atoms with Crippen molar-refractivity contribution in [2.45, 2.75) is 56.9 Å². The average Bonchev–Trinajstić information content (AvgIpc) is 3.18. The van der Waals surface area contributed by atoms with Gasteiger partial charge in [-0.1, -0.05) is 19.3 Å². The van der Waals surface area contributed by atoms with Gasteiger partial charge in [0.05, 0.1) is 17.4 Å². The third-order valence-electron chi connectivity index (χ3n) is 4.99. The molecule has 1 aliphatic carbocycles. The van der Waals surface area contributed by atoms with E-state index in [0.717, 1.165) is 24.3 Å². The minimum Gasteiger partial charge on any atom is -0.338 e. The number of pyridine rings is 1. The molecule has 4 rings (SSSR count). The predicted octanol–water partition coefficient (Wildman–Crippen LogP) is 2.57. The maximum Gasteiger partial charge on any atom is 0.225 e. The number of rotatable bonds is 3. The number of hydrazine groups is 1. The second-order valence-electron chi connectivity index (χ2n) is 6.39. The summed E-state index contributed by atoms with van der Waals surface area (Å²) in [6.45, 7) is 2.16. The quantitative estimate of drug-likeness (QED) is 0.895. The number of likely N-dealkylation sites (tertiary alicyclic amines) is 1. The van der Waals surface area contributed by atoms with Crippen molar-refractivity contribution < 1.29 is 4.74 Å². The van der Waals surface area contributed by atoms with E-state index in [1.54, 1.807) is 0 Å². The summed E-state index contributed by atoms with van der Waals surface area (Å²) in [4.78, 5) is 6.76. The van der Waals surface area contributed by atoms with E-state index >= 15 is 0 Å². The lowest BCUT2D eigenvalue weighted by molar-refractivity contribution is -0.207. The second-order valence-corrected chi connectivity index (χ2v) is 6.39. The fourth-order valence-electron chi connectivity index (χ4n) is 3.87. The topological polar surface area (TPSA) is 49.4 Å². The summed E-state index contributed by atoms with van der Waals surface area (Å²) in [7, 11) is 0. The van der Waals surface area contributed by atoms with Crippen LogP contribution in [0, 0.1) is 0 Å². The fraction of sp³-hybridized carbons (Fsp3) is 0.688. The zero-order chi connectivity index (χ0) is 14.1. The third kappa shape index (κ3) is 2.33. The highest BCUT2D eigenvalue weighted by atomic mass is 16.5. The van der Waals surface area contributed by atoms with Crippen LogP contribution in [-0.2, 0) is 10.6 Å². The van der Waals surface area contributed by atoms with E-state index in [1.165, 1.54) is 44.9 Å². The van der Waals surface area contributed by atoms with Gasteiger partial charge in [0.2, 0.25) is 5.85 Å². The molecule has 1 saturated heterocycles. The van der Waals surface area contributed by atoms with Gasteiger partial charge in [0.1, 0.15) is 0 Å². The summed E-state index contributed by atoms with van der Waals surface area (Å²) in [5, 5.41) is 0. The Morgan fingerprint density at radius 1 is 1.14 bits per heavy atom. The molecule has 1 saturated carbocycles. The molecule has 0 bridgehead atoms. The Labute approximate surface area is 126 Å². The van der Waals surface area contributed by atoms with E-state index in [1.807, 2.05) is 18.5 Å². The Morgan fingerprint density at radius 3 is 2.76 bits per heavy atom. The Bertz CT molecular complexity index is 497. The van der Waals surface area contributed by atoms with E-state index in [9.17, 15) is 0 Å². The van der Waals surface area contributed by atoms with Crippen LogP contribution in [0.15, 0.2) is 18.5 Å². The first-order chi connectivity index (χ1) is 10.4. The minimum absolute atomic E-state index is 0.347. The highest BCUT2D eigenvalue weighted by Crippen LogP contribution is 2.40. The first-order valence-corrected chi connectivity index (χ1v) is 8.29. The van der Waals surface area contributed by atoms with Gasteiger partial charge in [-0.3, -0.25) is 9.88 Å². The molecule has 0 spiro atoms. The molecular weight excluding hydrogens is 264 g/mol. The monoisotopic (exact) mass is 288 g/mol. The van der Waals surface area contributed by atoms with E-state index in [2.05, 4.69) is 20.7 Å². The number of aromatic nitrogens is 1. The highest BCUT2D eigenvalue weighted by Gasteiger charge is 2.48. The molecule has 2 aliphatic heterocycles. The maximum absolute atomic E-state index is 6.66. The summed E-state index contributed by atoms with van der Waals surface area (Å²) in [5.41, 5.74) is 8.97. The molecule has 2 N–H and O–H groups in total. The van der Waals surface area contributed by atoms with Gasteiger partial charge in [0.15, 0.2) is 0 Å². The predicted molar refractivity (Wildman–Crippen MR) is 81.4 cm³/mol. The molecule has 1 aromatic rings. The van der Waals surface area contributed by atoms with Crippen molar-refractivity contribution >= 4 is 5.69 Å². The summed E-state index contributed by atoms with van der Waals surface area (Å²) in [6, 6.07) is 2.02. The van der Waals surface area contributed by atoms with Crippen LogP contribution in [0.3, 0.4) is 0 Å². The van der Waals surface area contributed by atoms with Crippen molar-refractivity contribution in [2.24, 2.45) is 0 Å². The molecule has 2 fully saturated rings. The summed E-state index contributed by atoms with van der Waals surface area (Å²) < 4.78 is 6.66. The maximum atomic E-state index is 6.66. The van der Waals surface area contributed by atoms with Crippen molar-refractivity contribution in [3.05, 3.63) is 24.0 Å². The lowest BCUT2D eigenvalue weighted by Crippen LogP contribution is -2.57. The van der Waals surface area contributed by atoms with Gasteiger partial charge in [-0.05, 0) is 31.7 Å². The molecular formula is C16H24N4O. The van der Waals surface area contributed by atoms with Crippen molar-refractivity contribution in [1.82, 2.24) is 15.3 Å². The Kier molecular flexibility index (Phi) is 3.57. The van der Waals surface area contributed by atoms with Crippen LogP contribution in [-0.4, -0.2) is 29.1 Å². The number of hydrogen-bond acceptors (Lipinski definition) is 5. The molecule has 0 radical (unpaired) electrons. The van der Waals surface area contributed by atoms with Gasteiger partial charge >= 0.3 is 0 Å². The Morgan fingerprint density at radius 2 is 1.95 bits per heavy atom. The minimum atomic E-state index is -0.526. The molecule has 3 aliphatic rings. The molecule has 0 aromatic carbocycles. The zero-order valence-corrected chi connectivity index (χ0v) is 12.5. The number of hydrogen-bond donors (Lipinski definition) is 2. The van der Waals surface area contributed by atoms with E-state index < -0.39 is 5.85 Å². The summed E-state index contributed by atoms with van der Waals surface area (Å²) in [6.07, 6.45) is 12.9. The van der Waals surface area contributed by atoms with Crippen LogP contribution in [0.25, 0.3) is 0 Å². The molecule has 0 amide bonds. The molecule has 1 atom stereocenters. The van der Waals surface area contributed by atoms with Crippen LogP contribution < -0.4 is 10.9 Å². The highest BCUT2D eigenvalue weighted by molar-refractivity contribution is 5.55. The van der Waals surface area contributed by atoms with Crippen LogP contribution >= 0.6 is 0 Å². The first-order valence-electron chi connectivity index (χ1n) is 8.29. The summed E-state index contributed by atoms with van der Waals surface area (Å²) in [5.74, 6) is -0.526. The van der Waals surface area contributed by atoms with Crippen LogP contribution in [0.4, 0.5) is 5.69 Å². The van der Waals surface area contributed by atoms with E-state index in [0.29, 0.717) is 6.10 Å². The fourth-order valence-corrected chi connectivity index (χ4v) is 3.87. The second kappa shape index (κ2) is 5.55. The Hall–Kier alpha value is -1.17. The number of nitrogens with zero attached hydrogens (tertiary/aromatic N) is 2. The SMILES string of the molecule is c1cc2c(cn1)C(OC1CCCCC1)(N1CCCC1)NN2. The van der Waals surface area contributed by atoms with Crippen LogP contribution in [0.1, 0.15) is 50.5 Å². The van der Waals surface area contributed by atoms with Crippen LogP contribution in [0.5, 0.6) is 0 Å². The standard InChI is InChI=1S/C16H24N4O/c1-2-6-13(7-3-1)21-16(20-10-4-5-11-20)14-12-17-9-8-15(14)18-19-16/h8-9,12-13,18-19H,1-7,10-11H2. The first kappa shape index (κ1) is 13.5. The lowest BCUT2D eigenvalue weighted by atomic mass is 9.97. The third-order valence-corrected chi connectivity index (χ3v) is 4.99. The van der Waals surface area contributed by atoms with Crippen molar-refractivity contribution in [2.75, 3.05) is 18.5 Å². The van der Waals surface area contributed by atoms with Gasteiger partial charge in [-0.25, -0.2) is 0 Å². The van der Waals surface area contributed by atoms with Gasteiger partial charge in [-0.2, -0.15) is 5.43 Å².